The van der Waals surface area contributed by atoms with Gasteiger partial charge in [-0.25, -0.2) is 4.98 Å². The molecule has 1 fully saturated rings. The van der Waals surface area contributed by atoms with Gasteiger partial charge in [-0.1, -0.05) is 19.9 Å². The van der Waals surface area contributed by atoms with E-state index in [0.717, 1.165) is 6.42 Å². The van der Waals surface area contributed by atoms with Gasteiger partial charge in [0.05, 0.1) is 0 Å². The van der Waals surface area contributed by atoms with Crippen LogP contribution < -0.4 is 5.32 Å². The number of nitrogens with zero attached hydrogens (tertiary/aromatic N) is 2. The van der Waals surface area contributed by atoms with Crippen molar-refractivity contribution in [3.05, 3.63) is 24.4 Å². The van der Waals surface area contributed by atoms with Gasteiger partial charge in [-0.3, -0.25) is 9.59 Å². The monoisotopic (exact) mass is 261 g/mol. The third kappa shape index (κ3) is 3.53. The molecule has 0 spiro atoms. The van der Waals surface area contributed by atoms with Gasteiger partial charge in [-0.2, -0.15) is 0 Å². The SMILES string of the molecule is CC1CC(C)CN(C(=O)C(=O)Nc2ccccn2)C1. The smallest absolute Gasteiger partial charge is 0.315 e. The predicted molar refractivity (Wildman–Crippen MR) is 72.4 cm³/mol. The number of nitrogens with one attached hydrogen (secondary N) is 1. The zero-order chi connectivity index (χ0) is 13.8. The van der Waals surface area contributed by atoms with E-state index in [4.69, 9.17) is 0 Å². The van der Waals surface area contributed by atoms with Crippen LogP contribution in [0.15, 0.2) is 24.4 Å². The zero-order valence-corrected chi connectivity index (χ0v) is 11.3. The third-order valence-corrected chi connectivity index (χ3v) is 3.26. The Bertz CT molecular complexity index is 451. The molecule has 2 rings (SSSR count). The molecule has 0 saturated carbocycles. The van der Waals surface area contributed by atoms with E-state index in [2.05, 4.69) is 24.1 Å². The van der Waals surface area contributed by atoms with Gasteiger partial charge in [0.2, 0.25) is 0 Å². The van der Waals surface area contributed by atoms with Crippen molar-refractivity contribution in [1.82, 2.24) is 9.88 Å². The first-order chi connectivity index (χ1) is 9.06. The molecule has 2 unspecified atom stereocenters. The fourth-order valence-electron chi connectivity index (χ4n) is 2.58. The molecule has 0 radical (unpaired) electrons. The van der Waals surface area contributed by atoms with E-state index in [9.17, 15) is 9.59 Å². The van der Waals surface area contributed by atoms with Gasteiger partial charge in [0.1, 0.15) is 5.82 Å². The summed E-state index contributed by atoms with van der Waals surface area (Å²) >= 11 is 0. The first kappa shape index (κ1) is 13.5. The van der Waals surface area contributed by atoms with Crippen LogP contribution in [0.4, 0.5) is 5.82 Å². The number of carbonyl (C=O) groups is 2. The molecule has 5 heteroatoms. The number of likely N-dealkylation sites (tertiary alicyclic amines) is 1. The van der Waals surface area contributed by atoms with E-state index >= 15 is 0 Å². The quantitative estimate of drug-likeness (QED) is 0.780. The highest BCUT2D eigenvalue weighted by Crippen LogP contribution is 2.21. The van der Waals surface area contributed by atoms with Crippen molar-refractivity contribution in [2.24, 2.45) is 11.8 Å². The number of aromatic nitrogens is 1. The number of pyridine rings is 1. The van der Waals surface area contributed by atoms with Crippen molar-refractivity contribution < 1.29 is 9.59 Å². The van der Waals surface area contributed by atoms with E-state index in [1.165, 1.54) is 0 Å². The Balaban J connectivity index is 1.97. The largest absolute Gasteiger partial charge is 0.334 e. The standard InChI is InChI=1S/C14H19N3O2/c1-10-7-11(2)9-17(8-10)14(19)13(18)16-12-5-3-4-6-15-12/h3-6,10-11H,7-9H2,1-2H3,(H,15,16,18). The van der Waals surface area contributed by atoms with Crippen molar-refractivity contribution >= 4 is 17.6 Å². The molecule has 0 bridgehead atoms. The minimum Gasteiger partial charge on any atom is -0.334 e. The second-order valence-electron chi connectivity index (χ2n) is 5.33. The number of anilines is 1. The Hall–Kier alpha value is -1.91. The molecule has 1 aliphatic heterocycles. The van der Waals surface area contributed by atoms with Crippen molar-refractivity contribution in [1.29, 1.82) is 0 Å². The zero-order valence-electron chi connectivity index (χ0n) is 11.3. The fourth-order valence-corrected chi connectivity index (χ4v) is 2.58. The first-order valence-electron chi connectivity index (χ1n) is 6.57. The minimum absolute atomic E-state index is 0.402. The first-order valence-corrected chi connectivity index (χ1v) is 6.57. The number of carbonyl (C=O) groups excluding carboxylic acids is 2. The van der Waals surface area contributed by atoms with Crippen LogP contribution in [-0.4, -0.2) is 34.8 Å². The lowest BCUT2D eigenvalue weighted by Gasteiger charge is -2.34. The lowest BCUT2D eigenvalue weighted by Crippen LogP contribution is -2.47. The highest BCUT2D eigenvalue weighted by atomic mass is 16.2. The number of hydrogen-bond donors (Lipinski definition) is 1. The van der Waals surface area contributed by atoms with Crippen molar-refractivity contribution in [2.45, 2.75) is 20.3 Å². The molecule has 1 N–H and O–H groups in total. The molecule has 1 saturated heterocycles. The maximum Gasteiger partial charge on any atom is 0.315 e. The summed E-state index contributed by atoms with van der Waals surface area (Å²) in [6, 6.07) is 5.18. The molecule has 1 aromatic rings. The molecule has 2 heterocycles. The number of amides is 2. The lowest BCUT2D eigenvalue weighted by atomic mass is 9.92. The van der Waals surface area contributed by atoms with E-state index in [1.54, 1.807) is 29.3 Å². The van der Waals surface area contributed by atoms with E-state index in [1.807, 2.05) is 0 Å². The number of piperidine rings is 1. The summed E-state index contributed by atoms with van der Waals surface area (Å²) in [5.74, 6) is 0.203. The van der Waals surface area contributed by atoms with Gasteiger partial charge in [-0.15, -0.1) is 0 Å². The van der Waals surface area contributed by atoms with Crippen LogP contribution in [-0.2, 0) is 9.59 Å². The van der Waals surface area contributed by atoms with Crippen LogP contribution in [0.3, 0.4) is 0 Å². The number of hydrogen-bond acceptors (Lipinski definition) is 3. The summed E-state index contributed by atoms with van der Waals surface area (Å²) in [6.45, 7) is 5.51. The Labute approximate surface area is 113 Å². The summed E-state index contributed by atoms with van der Waals surface area (Å²) in [5, 5.41) is 2.53. The predicted octanol–water partition coefficient (Wildman–Crippen LogP) is 1.52. The van der Waals surface area contributed by atoms with Gasteiger partial charge in [0.25, 0.3) is 0 Å². The molecule has 0 aromatic carbocycles. The summed E-state index contributed by atoms with van der Waals surface area (Å²) in [5.41, 5.74) is 0. The van der Waals surface area contributed by atoms with E-state index < -0.39 is 11.8 Å². The van der Waals surface area contributed by atoms with E-state index in [-0.39, 0.29) is 0 Å². The molecule has 19 heavy (non-hydrogen) atoms. The van der Waals surface area contributed by atoms with Crippen molar-refractivity contribution in [2.75, 3.05) is 18.4 Å². The molecular formula is C14H19N3O2. The number of rotatable bonds is 1. The summed E-state index contributed by atoms with van der Waals surface area (Å²) < 4.78 is 0. The van der Waals surface area contributed by atoms with Gasteiger partial charge in [0.15, 0.2) is 0 Å². The van der Waals surface area contributed by atoms with Crippen molar-refractivity contribution in [3.63, 3.8) is 0 Å². The summed E-state index contributed by atoms with van der Waals surface area (Å²) in [7, 11) is 0. The van der Waals surface area contributed by atoms with Crippen LogP contribution in [0.5, 0.6) is 0 Å². The fraction of sp³-hybridized carbons (Fsp3) is 0.500. The molecule has 2 amide bonds. The van der Waals surface area contributed by atoms with Gasteiger partial charge < -0.3 is 10.2 Å². The second-order valence-corrected chi connectivity index (χ2v) is 5.33. The Morgan fingerprint density at radius 1 is 1.26 bits per heavy atom. The molecule has 0 aliphatic carbocycles. The highest BCUT2D eigenvalue weighted by Gasteiger charge is 2.29. The topological polar surface area (TPSA) is 62.3 Å². The van der Waals surface area contributed by atoms with Gasteiger partial charge >= 0.3 is 11.8 Å². The summed E-state index contributed by atoms with van der Waals surface area (Å²) in [4.78, 5) is 29.6. The summed E-state index contributed by atoms with van der Waals surface area (Å²) in [6.07, 6.45) is 2.68. The maximum atomic E-state index is 12.1. The maximum absolute atomic E-state index is 12.1. The minimum atomic E-state index is -0.611. The van der Waals surface area contributed by atoms with Crippen LogP contribution in [0, 0.1) is 11.8 Å². The van der Waals surface area contributed by atoms with Gasteiger partial charge in [0, 0.05) is 19.3 Å². The molecule has 102 valence electrons. The lowest BCUT2D eigenvalue weighted by molar-refractivity contribution is -0.145. The van der Waals surface area contributed by atoms with Crippen LogP contribution in [0.25, 0.3) is 0 Å². The molecule has 5 nitrogen and oxygen atoms in total. The highest BCUT2D eigenvalue weighted by molar-refractivity contribution is 6.39. The van der Waals surface area contributed by atoms with Crippen LogP contribution in [0.2, 0.25) is 0 Å². The average molecular weight is 261 g/mol. The molecule has 1 aromatic heterocycles. The third-order valence-electron chi connectivity index (χ3n) is 3.26. The molecule has 2 atom stereocenters. The second kappa shape index (κ2) is 5.82. The van der Waals surface area contributed by atoms with Crippen LogP contribution >= 0.6 is 0 Å². The van der Waals surface area contributed by atoms with Crippen LogP contribution in [0.1, 0.15) is 20.3 Å². The normalized spacial score (nSPS) is 22.9. The van der Waals surface area contributed by atoms with Gasteiger partial charge in [-0.05, 0) is 30.4 Å². The van der Waals surface area contributed by atoms with Crippen molar-refractivity contribution in [3.8, 4) is 0 Å². The Kier molecular flexibility index (Phi) is 4.14. The Morgan fingerprint density at radius 3 is 2.53 bits per heavy atom. The Morgan fingerprint density at radius 2 is 1.95 bits per heavy atom. The average Bonchev–Trinajstić information content (AvgIpc) is 2.37. The molecule has 1 aliphatic rings. The van der Waals surface area contributed by atoms with E-state index in [0.29, 0.717) is 30.7 Å². The molecular weight excluding hydrogens is 242 g/mol.